The standard InChI is InChI=1S/C47H28N4O/c1-3-15-31(16-4-1)45-48-46(32-17-5-2-6-18-32)50-47(49-45)37-27-33(28-41-42(37)36-21-11-12-22-40(36)52-41)51-38-25-23-29-13-7-9-19-34(29)43(38)44-35-20-10-8-14-30(35)24-26-39(44)51/h1-28H/i1D,2D,3D,4D,5D,6D,7D,8D,9D,10D,11D,12D,13D,14D,15D,16D,17D,18D,19D,20D,21D,22D,23D,24D,25D,26D,27D,28D. The van der Waals surface area contributed by atoms with E-state index >= 15 is 0 Å². The van der Waals surface area contributed by atoms with Crippen LogP contribution < -0.4 is 0 Å². The summed E-state index contributed by atoms with van der Waals surface area (Å²) in [6.45, 7) is 0. The molecular formula is C47H28N4O. The van der Waals surface area contributed by atoms with Crippen molar-refractivity contribution >= 4 is 65.3 Å². The second kappa shape index (κ2) is 11.2. The Hall–Kier alpha value is -7.11. The molecule has 5 nitrogen and oxygen atoms in total. The third-order valence-corrected chi connectivity index (χ3v) is 8.25. The molecule has 3 aromatic heterocycles. The molecule has 11 rings (SSSR count). The zero-order valence-electron chi connectivity index (χ0n) is 53.7. The first-order valence-electron chi connectivity index (χ1n) is 29.2. The molecule has 0 bridgehead atoms. The summed E-state index contributed by atoms with van der Waals surface area (Å²) in [5.41, 5.74) is -5.97. The van der Waals surface area contributed by atoms with E-state index in [1.165, 1.54) is 0 Å². The number of hydrogen-bond acceptors (Lipinski definition) is 4. The molecule has 242 valence electrons. The van der Waals surface area contributed by atoms with Gasteiger partial charge in [0.25, 0.3) is 0 Å². The highest BCUT2D eigenvalue weighted by Crippen LogP contribution is 2.43. The van der Waals surface area contributed by atoms with Gasteiger partial charge in [0.15, 0.2) is 17.5 Å². The van der Waals surface area contributed by atoms with Crippen LogP contribution >= 0.6 is 0 Å². The molecule has 0 unspecified atom stereocenters. The fraction of sp³-hybridized carbons (Fsp3) is 0. The number of para-hydroxylation sites is 1. The van der Waals surface area contributed by atoms with Crippen molar-refractivity contribution in [3.63, 3.8) is 0 Å². The normalized spacial score (nSPS) is 19.4. The molecule has 0 saturated carbocycles. The average molecular weight is 693 g/mol. The van der Waals surface area contributed by atoms with E-state index in [4.69, 9.17) is 31.8 Å². The van der Waals surface area contributed by atoms with Crippen molar-refractivity contribution in [2.45, 2.75) is 0 Å². The maximum atomic E-state index is 10.4. The lowest BCUT2D eigenvalue weighted by molar-refractivity contribution is 0.668. The summed E-state index contributed by atoms with van der Waals surface area (Å²) < 4.78 is 258. The number of hydrogen-bond donors (Lipinski definition) is 0. The lowest BCUT2D eigenvalue weighted by atomic mass is 10.00. The lowest BCUT2D eigenvalue weighted by Crippen LogP contribution is -2.01. The van der Waals surface area contributed by atoms with Crippen molar-refractivity contribution in [1.29, 1.82) is 0 Å². The van der Waals surface area contributed by atoms with Gasteiger partial charge < -0.3 is 8.98 Å². The molecule has 0 aliphatic carbocycles. The van der Waals surface area contributed by atoms with Crippen LogP contribution in [0, 0.1) is 0 Å². The quantitative estimate of drug-likeness (QED) is 0.184. The maximum absolute atomic E-state index is 10.4. The summed E-state index contributed by atoms with van der Waals surface area (Å²) in [6, 6.07) is -25.2. The van der Waals surface area contributed by atoms with Crippen LogP contribution in [-0.4, -0.2) is 19.5 Å². The van der Waals surface area contributed by atoms with Crippen molar-refractivity contribution in [1.82, 2.24) is 19.5 Å². The molecule has 0 fully saturated rings. The first-order valence-corrected chi connectivity index (χ1v) is 15.2. The van der Waals surface area contributed by atoms with Crippen LogP contribution in [0.15, 0.2) is 174 Å². The highest BCUT2D eigenvalue weighted by Gasteiger charge is 2.22. The van der Waals surface area contributed by atoms with Gasteiger partial charge in [-0.3, -0.25) is 0 Å². The van der Waals surface area contributed by atoms with Crippen LogP contribution in [0.25, 0.3) is 105 Å². The van der Waals surface area contributed by atoms with Crippen LogP contribution in [0.5, 0.6) is 0 Å². The smallest absolute Gasteiger partial charge is 0.164 e. The molecule has 8 aromatic carbocycles. The Bertz CT molecular complexity index is 4550. The zero-order valence-corrected chi connectivity index (χ0v) is 25.7. The van der Waals surface area contributed by atoms with Gasteiger partial charge in [-0.05, 0) is 45.7 Å². The van der Waals surface area contributed by atoms with Crippen LogP contribution in [0.3, 0.4) is 0 Å². The monoisotopic (exact) mass is 692 g/mol. The number of aromatic nitrogens is 4. The summed E-state index contributed by atoms with van der Waals surface area (Å²) in [6.07, 6.45) is 0. The highest BCUT2D eigenvalue weighted by molar-refractivity contribution is 6.28. The van der Waals surface area contributed by atoms with Crippen molar-refractivity contribution < 1.29 is 42.8 Å². The molecule has 0 radical (unpaired) electrons. The van der Waals surface area contributed by atoms with Gasteiger partial charge in [0, 0.05) is 44.3 Å². The van der Waals surface area contributed by atoms with Crippen molar-refractivity contribution in [2.24, 2.45) is 0 Å². The van der Waals surface area contributed by atoms with Crippen LogP contribution in [0.2, 0.25) is 0 Å². The first kappa shape index (κ1) is 12.6. The van der Waals surface area contributed by atoms with Gasteiger partial charge in [-0.1, -0.05) is 139 Å². The van der Waals surface area contributed by atoms with Gasteiger partial charge >= 0.3 is 0 Å². The van der Waals surface area contributed by atoms with E-state index in [2.05, 4.69) is 15.0 Å². The summed E-state index contributed by atoms with van der Waals surface area (Å²) in [5, 5.41) is -4.39. The van der Waals surface area contributed by atoms with Crippen LogP contribution in [0.1, 0.15) is 38.4 Å². The third kappa shape index (κ3) is 4.33. The van der Waals surface area contributed by atoms with Crippen LogP contribution in [0.4, 0.5) is 0 Å². The molecule has 0 atom stereocenters. The maximum Gasteiger partial charge on any atom is 0.164 e. The topological polar surface area (TPSA) is 56.7 Å². The summed E-state index contributed by atoms with van der Waals surface area (Å²) in [5.74, 6) is -2.65. The fourth-order valence-corrected chi connectivity index (χ4v) is 6.13. The molecule has 3 heterocycles. The lowest BCUT2D eigenvalue weighted by Gasteiger charge is -2.13. The minimum Gasteiger partial charge on any atom is -0.456 e. The van der Waals surface area contributed by atoms with E-state index in [0.29, 0.717) is 0 Å². The molecule has 0 aliphatic heterocycles. The highest BCUT2D eigenvalue weighted by atomic mass is 16.3. The van der Waals surface area contributed by atoms with Gasteiger partial charge in [0.2, 0.25) is 0 Å². The molecule has 0 amide bonds. The van der Waals surface area contributed by atoms with E-state index in [1.807, 2.05) is 0 Å². The largest absolute Gasteiger partial charge is 0.456 e. The van der Waals surface area contributed by atoms with E-state index < -0.39 is 274 Å². The number of benzene rings is 8. The Morgan fingerprint density at radius 2 is 0.923 bits per heavy atom. The van der Waals surface area contributed by atoms with Gasteiger partial charge in [0.1, 0.15) is 11.2 Å². The third-order valence-electron chi connectivity index (χ3n) is 8.25. The number of fused-ring (bicyclic) bond motifs is 10. The Labute approximate surface area is 337 Å². The second-order valence-electron chi connectivity index (χ2n) is 11.1. The van der Waals surface area contributed by atoms with E-state index in [-0.39, 0.29) is 0 Å². The summed E-state index contributed by atoms with van der Waals surface area (Å²) in [4.78, 5) is 13.2. The average Bonchev–Trinajstić information content (AvgIpc) is 4.20. The molecule has 11 aromatic rings. The zero-order chi connectivity index (χ0) is 58.5. The molecule has 52 heavy (non-hydrogen) atoms. The molecule has 0 spiro atoms. The number of furan rings is 1. The Balaban J connectivity index is 1.47. The van der Waals surface area contributed by atoms with Gasteiger partial charge in [-0.15, -0.1) is 0 Å². The molecule has 5 heteroatoms. The van der Waals surface area contributed by atoms with E-state index in [0.717, 1.165) is 4.57 Å². The van der Waals surface area contributed by atoms with Gasteiger partial charge in [0.05, 0.1) is 55.1 Å². The van der Waals surface area contributed by atoms with E-state index in [9.17, 15) is 11.0 Å². The molecule has 0 N–H and O–H groups in total. The van der Waals surface area contributed by atoms with Crippen LogP contribution in [-0.2, 0) is 0 Å². The predicted molar refractivity (Wildman–Crippen MR) is 213 cm³/mol. The van der Waals surface area contributed by atoms with Crippen molar-refractivity contribution in [3.05, 3.63) is 169 Å². The molecule has 0 saturated heterocycles. The predicted octanol–water partition coefficient (Wildman–Crippen LogP) is 12.2. The first-order chi connectivity index (χ1) is 37.4. The van der Waals surface area contributed by atoms with E-state index in [1.54, 1.807) is 0 Å². The number of nitrogens with zero attached hydrogens (tertiary/aromatic N) is 4. The van der Waals surface area contributed by atoms with Gasteiger partial charge in [-0.2, -0.15) is 0 Å². The minimum atomic E-state index is -1.07. The SMILES string of the molecule is [2H]c1c([2H])c([2H])c(-c2nc(-c3c([2H])c([2H])c([2H])c([2H])c3[2H])nc(-c3c([2H])c(-n4c5c([2H])c([2H])c6c([2H])c([2H])c([2H])c([2H])c6c5c5c6c([2H])c([2H])c([2H])c([2H])c6c([2H])c([2H])c54)c([2H])c4oc5c([2H])c([2H])c([2H])c([2H])c5c34)n2)c([2H])c1[2H]. The summed E-state index contributed by atoms with van der Waals surface area (Å²) in [7, 11) is 0. The Kier molecular flexibility index (Phi) is 2.71. The van der Waals surface area contributed by atoms with Gasteiger partial charge in [-0.25, -0.2) is 15.0 Å². The molecule has 0 aliphatic rings. The second-order valence-corrected chi connectivity index (χ2v) is 11.1. The summed E-state index contributed by atoms with van der Waals surface area (Å²) >= 11 is 0. The van der Waals surface area contributed by atoms with Crippen molar-refractivity contribution in [3.8, 4) is 39.9 Å². The minimum absolute atomic E-state index is 0.497. The van der Waals surface area contributed by atoms with Crippen molar-refractivity contribution in [2.75, 3.05) is 0 Å². The molecular weight excluding hydrogens is 637 g/mol. The number of rotatable bonds is 4. The Morgan fingerprint density at radius 3 is 1.52 bits per heavy atom. The fourth-order valence-electron chi connectivity index (χ4n) is 6.13. The Morgan fingerprint density at radius 1 is 0.423 bits per heavy atom.